The first-order valence-corrected chi connectivity index (χ1v) is 10.6. The summed E-state index contributed by atoms with van der Waals surface area (Å²) in [4.78, 5) is 30.9. The van der Waals surface area contributed by atoms with Gasteiger partial charge in [-0.2, -0.15) is 0 Å². The molecule has 1 aromatic heterocycles. The van der Waals surface area contributed by atoms with Crippen LogP contribution in [0.25, 0.3) is 16.7 Å². The Balaban J connectivity index is 1.94. The Hall–Kier alpha value is -3.78. The van der Waals surface area contributed by atoms with Crippen LogP contribution in [-0.4, -0.2) is 61.2 Å². The van der Waals surface area contributed by atoms with Crippen molar-refractivity contribution in [2.24, 2.45) is 0 Å². The van der Waals surface area contributed by atoms with E-state index in [1.807, 2.05) is 24.3 Å². The number of H-pyrrole nitrogens is 1. The Morgan fingerprint density at radius 3 is 2.58 bits per heavy atom. The molecule has 4 rings (SSSR count). The summed E-state index contributed by atoms with van der Waals surface area (Å²) in [6.07, 6.45) is 2.16. The number of aromatic amines is 1. The minimum absolute atomic E-state index is 0.00808. The summed E-state index contributed by atoms with van der Waals surface area (Å²) < 4.78 is 16.2. The number of aliphatic hydroxyl groups is 1. The number of likely N-dealkylation sites (tertiary alicyclic amines) is 1. The van der Waals surface area contributed by atoms with Gasteiger partial charge in [-0.15, -0.1) is 0 Å². The van der Waals surface area contributed by atoms with E-state index in [0.29, 0.717) is 35.7 Å². The van der Waals surface area contributed by atoms with Gasteiger partial charge in [0.05, 0.1) is 25.8 Å². The van der Waals surface area contributed by atoms with Gasteiger partial charge in [-0.05, 0) is 18.6 Å². The molecule has 1 amide bonds. The number of carbonyl (C=O) groups is 2. The molecular weight excluding hydrogens is 424 g/mol. The van der Waals surface area contributed by atoms with E-state index in [-0.39, 0.29) is 17.9 Å². The predicted molar refractivity (Wildman–Crippen MR) is 123 cm³/mol. The molecule has 1 atom stereocenters. The van der Waals surface area contributed by atoms with Crippen LogP contribution in [0.3, 0.4) is 0 Å². The van der Waals surface area contributed by atoms with Crippen molar-refractivity contribution in [1.29, 1.82) is 0 Å². The molecule has 0 saturated carbocycles. The summed E-state index contributed by atoms with van der Waals surface area (Å²) in [5, 5.41) is 12.1. The number of Topliss-reactive ketones (excluding diaryl/α,β-unsaturated/α-hetero) is 1. The van der Waals surface area contributed by atoms with E-state index < -0.39 is 17.7 Å². The maximum atomic E-state index is 13.2. The molecule has 3 aromatic rings. The lowest BCUT2D eigenvalue weighted by atomic mass is 9.94. The number of carbonyl (C=O) groups excluding carboxylic acids is 2. The number of hydrogen-bond acceptors (Lipinski definition) is 6. The maximum absolute atomic E-state index is 13.2. The lowest BCUT2D eigenvalue weighted by Gasteiger charge is -2.27. The molecule has 33 heavy (non-hydrogen) atoms. The second-order valence-corrected chi connectivity index (χ2v) is 7.67. The highest BCUT2D eigenvalue weighted by atomic mass is 16.5. The number of methoxy groups -OCH3 is 3. The van der Waals surface area contributed by atoms with Crippen molar-refractivity contribution in [2.75, 3.05) is 34.5 Å². The van der Waals surface area contributed by atoms with Gasteiger partial charge in [-0.1, -0.05) is 30.3 Å². The van der Waals surface area contributed by atoms with Crippen molar-refractivity contribution in [3.63, 3.8) is 0 Å². The smallest absolute Gasteiger partial charge is 0.295 e. The molecule has 1 fully saturated rings. The highest BCUT2D eigenvalue weighted by Crippen LogP contribution is 2.46. The second-order valence-electron chi connectivity index (χ2n) is 7.67. The van der Waals surface area contributed by atoms with Crippen LogP contribution < -0.4 is 9.47 Å². The molecule has 1 aliphatic heterocycles. The molecule has 0 radical (unpaired) electrons. The molecular formula is C25H26N2O6. The Morgan fingerprint density at radius 1 is 1.06 bits per heavy atom. The normalized spacial score (nSPS) is 17.7. The number of aliphatic hydroxyl groups excluding tert-OH is 1. The van der Waals surface area contributed by atoms with Gasteiger partial charge in [0.1, 0.15) is 5.76 Å². The van der Waals surface area contributed by atoms with Gasteiger partial charge >= 0.3 is 0 Å². The molecule has 8 nitrogen and oxygen atoms in total. The molecule has 2 N–H and O–H groups in total. The molecule has 0 spiro atoms. The van der Waals surface area contributed by atoms with Gasteiger partial charge in [0.25, 0.3) is 11.7 Å². The highest BCUT2D eigenvalue weighted by Gasteiger charge is 2.47. The molecule has 172 valence electrons. The minimum Gasteiger partial charge on any atom is -0.507 e. The largest absolute Gasteiger partial charge is 0.507 e. The molecule has 0 aliphatic carbocycles. The third-order valence-electron chi connectivity index (χ3n) is 5.86. The van der Waals surface area contributed by atoms with Crippen molar-refractivity contribution in [3.8, 4) is 11.5 Å². The zero-order chi connectivity index (χ0) is 23.5. The first-order chi connectivity index (χ1) is 16.0. The Labute approximate surface area is 191 Å². The molecule has 1 unspecified atom stereocenters. The third-order valence-corrected chi connectivity index (χ3v) is 5.86. The van der Waals surface area contributed by atoms with Crippen LogP contribution in [0, 0.1) is 0 Å². The summed E-state index contributed by atoms with van der Waals surface area (Å²) in [5.41, 5.74) is 1.82. The first-order valence-electron chi connectivity index (χ1n) is 10.6. The topological polar surface area (TPSA) is 101 Å². The number of benzene rings is 2. The predicted octanol–water partition coefficient (Wildman–Crippen LogP) is 3.64. The molecule has 2 aromatic carbocycles. The van der Waals surface area contributed by atoms with E-state index in [0.717, 1.165) is 10.9 Å². The zero-order valence-corrected chi connectivity index (χ0v) is 18.8. The van der Waals surface area contributed by atoms with Crippen molar-refractivity contribution in [3.05, 3.63) is 65.4 Å². The number of ketones is 1. The molecule has 8 heteroatoms. The van der Waals surface area contributed by atoms with Crippen molar-refractivity contribution in [2.45, 2.75) is 12.5 Å². The monoisotopic (exact) mass is 450 g/mol. The van der Waals surface area contributed by atoms with Crippen LogP contribution >= 0.6 is 0 Å². The van der Waals surface area contributed by atoms with E-state index in [1.54, 1.807) is 31.5 Å². The number of para-hydroxylation sites is 2. The van der Waals surface area contributed by atoms with E-state index in [2.05, 4.69) is 4.98 Å². The number of nitrogens with zero attached hydrogens (tertiary/aromatic N) is 1. The number of hydrogen-bond donors (Lipinski definition) is 2. The van der Waals surface area contributed by atoms with Gasteiger partial charge in [0.15, 0.2) is 11.5 Å². The summed E-state index contributed by atoms with van der Waals surface area (Å²) in [5.74, 6) is -0.805. The number of ether oxygens (including phenoxy) is 3. The Bertz CT molecular complexity index is 1230. The minimum atomic E-state index is -0.847. The summed E-state index contributed by atoms with van der Waals surface area (Å²) in [6, 6.07) is 11.9. The quantitative estimate of drug-likeness (QED) is 0.235. The van der Waals surface area contributed by atoms with Crippen LogP contribution in [0.4, 0.5) is 0 Å². The lowest BCUT2D eigenvalue weighted by molar-refractivity contribution is -0.140. The van der Waals surface area contributed by atoms with E-state index in [4.69, 9.17) is 14.2 Å². The van der Waals surface area contributed by atoms with Crippen molar-refractivity contribution in [1.82, 2.24) is 9.88 Å². The van der Waals surface area contributed by atoms with Crippen molar-refractivity contribution < 1.29 is 28.9 Å². The van der Waals surface area contributed by atoms with Gasteiger partial charge in [0.2, 0.25) is 0 Å². The number of fused-ring (bicyclic) bond motifs is 1. The standard InChI is InChI=1S/C25H26N2O6/c1-31-13-7-12-27-21(16-9-6-11-19(32-2)24(16)33-3)20(23(29)25(27)30)22(28)17-14-26-18-10-5-4-8-15(17)18/h4-6,8-11,14,21,26,28H,7,12-13H2,1-3H3/b22-20+. The Kier molecular flexibility index (Phi) is 6.37. The van der Waals surface area contributed by atoms with E-state index in [9.17, 15) is 14.7 Å². The van der Waals surface area contributed by atoms with E-state index >= 15 is 0 Å². The lowest BCUT2D eigenvalue weighted by Crippen LogP contribution is -2.31. The second kappa shape index (κ2) is 9.38. The van der Waals surface area contributed by atoms with Gasteiger partial charge in [-0.3, -0.25) is 9.59 Å². The average Bonchev–Trinajstić information content (AvgIpc) is 3.38. The zero-order valence-electron chi connectivity index (χ0n) is 18.8. The van der Waals surface area contributed by atoms with Gasteiger partial charge < -0.3 is 29.2 Å². The number of amides is 1. The fourth-order valence-corrected chi connectivity index (χ4v) is 4.35. The van der Waals surface area contributed by atoms with Crippen molar-refractivity contribution >= 4 is 28.4 Å². The van der Waals surface area contributed by atoms with Crippen LogP contribution in [0.15, 0.2) is 54.2 Å². The maximum Gasteiger partial charge on any atom is 0.295 e. The molecule has 1 saturated heterocycles. The number of rotatable bonds is 8. The van der Waals surface area contributed by atoms with Crippen LogP contribution in [0.1, 0.15) is 23.6 Å². The molecule has 2 heterocycles. The Morgan fingerprint density at radius 2 is 1.85 bits per heavy atom. The van der Waals surface area contributed by atoms with Crippen LogP contribution in [0.5, 0.6) is 11.5 Å². The SMILES string of the molecule is COCCCN1C(=O)C(=O)/C(=C(/O)c2c[nH]c3ccccc23)C1c1cccc(OC)c1OC. The van der Waals surface area contributed by atoms with Crippen LogP contribution in [-0.2, 0) is 14.3 Å². The molecule has 1 aliphatic rings. The first kappa shape index (κ1) is 22.4. The average molecular weight is 450 g/mol. The molecule has 0 bridgehead atoms. The third kappa shape index (κ3) is 3.82. The van der Waals surface area contributed by atoms with E-state index in [1.165, 1.54) is 19.1 Å². The van der Waals surface area contributed by atoms with Gasteiger partial charge in [-0.25, -0.2) is 0 Å². The number of nitrogens with one attached hydrogen (secondary N) is 1. The van der Waals surface area contributed by atoms with Gasteiger partial charge in [0, 0.05) is 48.5 Å². The fraction of sp³-hybridized carbons (Fsp3) is 0.280. The summed E-state index contributed by atoms with van der Waals surface area (Å²) in [7, 11) is 4.59. The number of aromatic nitrogens is 1. The highest BCUT2D eigenvalue weighted by molar-refractivity contribution is 6.46. The van der Waals surface area contributed by atoms with Crippen LogP contribution in [0.2, 0.25) is 0 Å². The summed E-state index contributed by atoms with van der Waals surface area (Å²) in [6.45, 7) is 0.696. The summed E-state index contributed by atoms with van der Waals surface area (Å²) >= 11 is 0. The fourth-order valence-electron chi connectivity index (χ4n) is 4.35.